The van der Waals surface area contributed by atoms with Crippen LogP contribution in [0.2, 0.25) is 0 Å². The molecule has 0 saturated carbocycles. The highest BCUT2D eigenvalue weighted by atomic mass is 32.2. The summed E-state index contributed by atoms with van der Waals surface area (Å²) in [7, 11) is -4.00. The normalized spacial score (nSPS) is 11.1. The highest BCUT2D eigenvalue weighted by Gasteiger charge is 2.20. The number of benzene rings is 2. The molecule has 0 aliphatic carbocycles. The molecule has 0 spiro atoms. The van der Waals surface area contributed by atoms with Crippen molar-refractivity contribution < 1.29 is 18.1 Å². The molecule has 0 heterocycles. The van der Waals surface area contributed by atoms with Crippen LogP contribution in [0.4, 0.5) is 5.69 Å². The van der Waals surface area contributed by atoms with E-state index in [1.54, 1.807) is 0 Å². The highest BCUT2D eigenvalue weighted by Crippen LogP contribution is 2.29. The summed E-state index contributed by atoms with van der Waals surface area (Å²) in [6.45, 7) is 0.135. The fourth-order valence-electron chi connectivity index (χ4n) is 1.67. The van der Waals surface area contributed by atoms with Gasteiger partial charge in [-0.2, -0.15) is 0 Å². The monoisotopic (exact) mass is 308 g/mol. The summed E-state index contributed by atoms with van der Waals surface area (Å²) >= 11 is 0. The first-order valence-electron chi connectivity index (χ1n) is 5.86. The number of primary sulfonamides is 1. The van der Waals surface area contributed by atoms with Crippen molar-refractivity contribution in [2.45, 2.75) is 11.5 Å². The average molecular weight is 308 g/mol. The van der Waals surface area contributed by atoms with Gasteiger partial charge in [0.15, 0.2) is 5.75 Å². The van der Waals surface area contributed by atoms with Crippen LogP contribution in [-0.2, 0) is 16.6 Å². The number of nitro groups is 1. The summed E-state index contributed by atoms with van der Waals surface area (Å²) < 4.78 is 27.8. The molecular weight excluding hydrogens is 296 g/mol. The lowest BCUT2D eigenvalue weighted by Gasteiger charge is -2.07. The van der Waals surface area contributed by atoms with E-state index in [4.69, 9.17) is 9.88 Å². The second-order valence-corrected chi connectivity index (χ2v) is 5.77. The summed E-state index contributed by atoms with van der Waals surface area (Å²) in [5.74, 6) is -0.0174. The van der Waals surface area contributed by atoms with Crippen molar-refractivity contribution >= 4 is 15.7 Å². The maximum Gasteiger partial charge on any atom is 0.312 e. The van der Waals surface area contributed by atoms with Crippen LogP contribution < -0.4 is 9.88 Å². The lowest BCUT2D eigenvalue weighted by Crippen LogP contribution is -2.12. The van der Waals surface area contributed by atoms with Gasteiger partial charge in [0.25, 0.3) is 0 Å². The zero-order valence-corrected chi connectivity index (χ0v) is 11.6. The average Bonchev–Trinajstić information content (AvgIpc) is 2.45. The number of hydrogen-bond donors (Lipinski definition) is 1. The molecule has 0 aromatic heterocycles. The molecule has 2 N–H and O–H groups in total. The molecule has 0 bridgehead atoms. The third kappa shape index (κ3) is 3.77. The second-order valence-electron chi connectivity index (χ2n) is 4.21. The molecule has 0 fully saturated rings. The molecule has 2 aromatic carbocycles. The number of nitrogens with zero attached hydrogens (tertiary/aromatic N) is 1. The Kier molecular flexibility index (Phi) is 4.20. The van der Waals surface area contributed by atoms with E-state index in [2.05, 4.69) is 0 Å². The van der Waals surface area contributed by atoms with Crippen molar-refractivity contribution in [2.75, 3.05) is 0 Å². The molecule has 2 rings (SSSR count). The molecule has 2 aromatic rings. The fourth-order valence-corrected chi connectivity index (χ4v) is 2.21. The van der Waals surface area contributed by atoms with E-state index in [0.29, 0.717) is 0 Å². The van der Waals surface area contributed by atoms with Crippen LogP contribution in [0, 0.1) is 10.1 Å². The number of hydrogen-bond acceptors (Lipinski definition) is 5. The Morgan fingerprint density at radius 2 is 1.81 bits per heavy atom. The Bertz CT molecular complexity index is 759. The van der Waals surface area contributed by atoms with E-state index in [9.17, 15) is 18.5 Å². The minimum absolute atomic E-state index is 0.0174. The van der Waals surface area contributed by atoms with Gasteiger partial charge in [-0.15, -0.1) is 0 Å². The molecular formula is C13H12N2O5S. The second kappa shape index (κ2) is 5.90. The van der Waals surface area contributed by atoms with Crippen molar-refractivity contribution in [3.8, 4) is 5.75 Å². The van der Waals surface area contributed by atoms with Gasteiger partial charge in [0.1, 0.15) is 6.61 Å². The van der Waals surface area contributed by atoms with E-state index in [0.717, 1.165) is 11.6 Å². The fraction of sp³-hybridized carbons (Fsp3) is 0.0769. The smallest absolute Gasteiger partial charge is 0.312 e. The molecule has 0 saturated heterocycles. The Morgan fingerprint density at radius 1 is 1.14 bits per heavy atom. The Labute approximate surface area is 121 Å². The first-order chi connectivity index (χ1) is 9.88. The van der Waals surface area contributed by atoms with Crippen LogP contribution >= 0.6 is 0 Å². The van der Waals surface area contributed by atoms with Crippen LogP contribution in [0.1, 0.15) is 5.56 Å². The van der Waals surface area contributed by atoms with Gasteiger partial charge < -0.3 is 4.74 Å². The zero-order valence-electron chi connectivity index (χ0n) is 10.8. The molecule has 0 amide bonds. The van der Waals surface area contributed by atoms with Crippen LogP contribution in [0.3, 0.4) is 0 Å². The van der Waals surface area contributed by atoms with Gasteiger partial charge in [-0.1, -0.05) is 30.3 Å². The van der Waals surface area contributed by atoms with E-state index in [-0.39, 0.29) is 17.3 Å². The van der Waals surface area contributed by atoms with Gasteiger partial charge >= 0.3 is 5.69 Å². The van der Waals surface area contributed by atoms with Gasteiger partial charge in [0.2, 0.25) is 10.0 Å². The first kappa shape index (κ1) is 14.9. The van der Waals surface area contributed by atoms with Crippen LogP contribution in [0.5, 0.6) is 5.75 Å². The molecule has 0 unspecified atom stereocenters. The maximum absolute atomic E-state index is 11.2. The number of sulfonamides is 1. The standard InChI is InChI=1S/C13H12N2O5S/c14-21(18,19)11-6-7-13(12(8-11)15(16)17)20-9-10-4-2-1-3-5-10/h1-8H,9H2,(H2,14,18,19). The van der Waals surface area contributed by atoms with Crippen molar-refractivity contribution in [1.82, 2.24) is 0 Å². The van der Waals surface area contributed by atoms with Crippen LogP contribution in [0.15, 0.2) is 53.4 Å². The molecule has 0 aliphatic heterocycles. The van der Waals surface area contributed by atoms with Gasteiger partial charge in [0, 0.05) is 6.07 Å². The van der Waals surface area contributed by atoms with E-state index < -0.39 is 20.6 Å². The Balaban J connectivity index is 2.29. The first-order valence-corrected chi connectivity index (χ1v) is 7.40. The van der Waals surface area contributed by atoms with Crippen LogP contribution in [0.25, 0.3) is 0 Å². The summed E-state index contributed by atoms with van der Waals surface area (Å²) in [4.78, 5) is 9.96. The number of ether oxygens (including phenoxy) is 1. The Morgan fingerprint density at radius 3 is 2.38 bits per heavy atom. The topological polar surface area (TPSA) is 113 Å². The van der Waals surface area contributed by atoms with E-state index >= 15 is 0 Å². The highest BCUT2D eigenvalue weighted by molar-refractivity contribution is 7.89. The van der Waals surface area contributed by atoms with Crippen molar-refractivity contribution in [3.05, 3.63) is 64.2 Å². The molecule has 110 valence electrons. The van der Waals surface area contributed by atoms with Crippen molar-refractivity contribution in [3.63, 3.8) is 0 Å². The largest absolute Gasteiger partial charge is 0.482 e. The molecule has 0 aliphatic rings. The molecule has 21 heavy (non-hydrogen) atoms. The minimum atomic E-state index is -4.00. The number of nitrogens with two attached hydrogens (primary N) is 1. The van der Waals surface area contributed by atoms with Gasteiger partial charge in [-0.3, -0.25) is 10.1 Å². The SMILES string of the molecule is NS(=O)(=O)c1ccc(OCc2ccccc2)c([N+](=O)[O-])c1. The molecule has 8 heteroatoms. The maximum atomic E-state index is 11.2. The summed E-state index contributed by atoms with van der Waals surface area (Å²) in [6, 6.07) is 12.4. The van der Waals surface area contributed by atoms with Gasteiger partial charge in [-0.05, 0) is 17.7 Å². The molecule has 7 nitrogen and oxygen atoms in total. The quantitative estimate of drug-likeness (QED) is 0.668. The summed E-state index contributed by atoms with van der Waals surface area (Å²) in [5, 5.41) is 16.0. The summed E-state index contributed by atoms with van der Waals surface area (Å²) in [5.41, 5.74) is 0.389. The predicted octanol–water partition coefficient (Wildman–Crippen LogP) is 1.82. The van der Waals surface area contributed by atoms with Crippen LogP contribution in [-0.4, -0.2) is 13.3 Å². The van der Waals surface area contributed by atoms with Gasteiger partial charge in [-0.25, -0.2) is 13.6 Å². The molecule has 0 atom stereocenters. The third-order valence-corrected chi connectivity index (χ3v) is 3.60. The van der Waals surface area contributed by atoms with Gasteiger partial charge in [0.05, 0.1) is 9.82 Å². The lowest BCUT2D eigenvalue weighted by molar-refractivity contribution is -0.386. The number of rotatable bonds is 5. The van der Waals surface area contributed by atoms with Crippen molar-refractivity contribution in [2.24, 2.45) is 5.14 Å². The zero-order chi connectivity index (χ0) is 15.5. The third-order valence-electron chi connectivity index (χ3n) is 2.69. The minimum Gasteiger partial charge on any atom is -0.482 e. The Hall–Kier alpha value is -2.45. The van der Waals surface area contributed by atoms with E-state index in [1.807, 2.05) is 30.3 Å². The van der Waals surface area contributed by atoms with Crippen molar-refractivity contribution in [1.29, 1.82) is 0 Å². The predicted molar refractivity (Wildman–Crippen MR) is 75.2 cm³/mol. The lowest BCUT2D eigenvalue weighted by atomic mass is 10.2. The summed E-state index contributed by atoms with van der Waals surface area (Å²) in [6.07, 6.45) is 0. The van der Waals surface area contributed by atoms with E-state index in [1.165, 1.54) is 12.1 Å². The number of nitro benzene ring substituents is 1. The molecule has 0 radical (unpaired) electrons.